The SMILES string of the molecule is C#CCOc1c(Cl)cc(/C=N\NC(=O)c2ccc(I)c(OC)c2)cc1OC. The lowest BCUT2D eigenvalue weighted by Crippen LogP contribution is -2.17. The molecule has 0 aliphatic carbocycles. The molecule has 0 aliphatic rings. The maximum Gasteiger partial charge on any atom is 0.271 e. The molecule has 0 unspecified atom stereocenters. The molecule has 0 spiro atoms. The van der Waals surface area contributed by atoms with Gasteiger partial charge in [0.15, 0.2) is 11.5 Å². The summed E-state index contributed by atoms with van der Waals surface area (Å²) in [6, 6.07) is 8.41. The largest absolute Gasteiger partial charge is 0.496 e. The van der Waals surface area contributed by atoms with Crippen molar-refractivity contribution in [3.63, 3.8) is 0 Å². The Kier molecular flexibility index (Phi) is 7.76. The van der Waals surface area contributed by atoms with Gasteiger partial charge in [0.1, 0.15) is 12.4 Å². The van der Waals surface area contributed by atoms with Gasteiger partial charge in [-0.3, -0.25) is 4.79 Å². The van der Waals surface area contributed by atoms with E-state index in [1.165, 1.54) is 13.3 Å². The maximum atomic E-state index is 12.2. The number of amides is 1. The number of nitrogens with zero attached hydrogens (tertiary/aromatic N) is 1. The van der Waals surface area contributed by atoms with Gasteiger partial charge in [-0.05, 0) is 58.5 Å². The molecule has 2 rings (SSSR count). The van der Waals surface area contributed by atoms with Crippen molar-refractivity contribution in [2.24, 2.45) is 5.10 Å². The highest BCUT2D eigenvalue weighted by Crippen LogP contribution is 2.36. The Morgan fingerprint density at radius 2 is 2.04 bits per heavy atom. The van der Waals surface area contributed by atoms with Crippen LogP contribution in [0.5, 0.6) is 17.2 Å². The van der Waals surface area contributed by atoms with E-state index in [0.29, 0.717) is 33.4 Å². The summed E-state index contributed by atoms with van der Waals surface area (Å²) < 4.78 is 16.7. The first kappa shape index (κ1) is 20.9. The average Bonchev–Trinajstić information content (AvgIpc) is 2.67. The van der Waals surface area contributed by atoms with Gasteiger partial charge in [0.05, 0.1) is 29.0 Å². The summed E-state index contributed by atoms with van der Waals surface area (Å²) >= 11 is 8.32. The second-order valence-corrected chi connectivity index (χ2v) is 6.64. The fourth-order valence-electron chi connectivity index (χ4n) is 2.10. The van der Waals surface area contributed by atoms with Crippen molar-refractivity contribution < 1.29 is 19.0 Å². The lowest BCUT2D eigenvalue weighted by molar-refractivity contribution is 0.0954. The zero-order chi connectivity index (χ0) is 19.8. The molecular formula is C19H16ClIN2O4. The molecule has 2 aromatic carbocycles. The van der Waals surface area contributed by atoms with Crippen LogP contribution in [0.4, 0.5) is 0 Å². The van der Waals surface area contributed by atoms with Crippen LogP contribution in [0.2, 0.25) is 5.02 Å². The van der Waals surface area contributed by atoms with Crippen molar-refractivity contribution in [3.05, 3.63) is 50.1 Å². The molecule has 8 heteroatoms. The minimum absolute atomic E-state index is 0.0685. The van der Waals surface area contributed by atoms with Crippen molar-refractivity contribution in [1.29, 1.82) is 0 Å². The summed E-state index contributed by atoms with van der Waals surface area (Å²) in [5.41, 5.74) is 3.50. The predicted octanol–water partition coefficient (Wildman–Crippen LogP) is 3.74. The number of ether oxygens (including phenoxy) is 3. The van der Waals surface area contributed by atoms with Crippen LogP contribution in [0.15, 0.2) is 35.4 Å². The Balaban J connectivity index is 2.13. The number of carbonyl (C=O) groups excluding carboxylic acids is 1. The van der Waals surface area contributed by atoms with Crippen molar-refractivity contribution in [3.8, 4) is 29.6 Å². The molecule has 27 heavy (non-hydrogen) atoms. The van der Waals surface area contributed by atoms with E-state index in [9.17, 15) is 4.79 Å². The van der Waals surface area contributed by atoms with Gasteiger partial charge in [-0.1, -0.05) is 17.5 Å². The van der Waals surface area contributed by atoms with E-state index in [1.54, 1.807) is 37.4 Å². The van der Waals surface area contributed by atoms with Crippen molar-refractivity contribution in [2.45, 2.75) is 0 Å². The fourth-order valence-corrected chi connectivity index (χ4v) is 2.93. The first-order valence-electron chi connectivity index (χ1n) is 7.61. The third-order valence-electron chi connectivity index (χ3n) is 3.34. The number of methoxy groups -OCH3 is 2. The summed E-state index contributed by atoms with van der Waals surface area (Å²) in [6.07, 6.45) is 6.63. The molecule has 6 nitrogen and oxygen atoms in total. The highest BCUT2D eigenvalue weighted by Gasteiger charge is 2.12. The number of hydrogen-bond donors (Lipinski definition) is 1. The average molecular weight is 499 g/mol. The van der Waals surface area contributed by atoms with Gasteiger partial charge in [-0.25, -0.2) is 5.43 Å². The zero-order valence-electron chi connectivity index (χ0n) is 14.6. The smallest absolute Gasteiger partial charge is 0.271 e. The van der Waals surface area contributed by atoms with Crippen molar-refractivity contribution >= 4 is 46.3 Å². The van der Waals surface area contributed by atoms with E-state index in [0.717, 1.165) is 3.57 Å². The van der Waals surface area contributed by atoms with E-state index in [1.807, 2.05) is 0 Å². The summed E-state index contributed by atoms with van der Waals surface area (Å²) in [7, 11) is 3.03. The molecule has 0 bridgehead atoms. The lowest BCUT2D eigenvalue weighted by atomic mass is 10.2. The Hall–Kier alpha value is -2.44. The molecule has 140 valence electrons. The van der Waals surface area contributed by atoms with E-state index in [2.05, 4.69) is 39.0 Å². The van der Waals surface area contributed by atoms with Crippen LogP contribution in [0.25, 0.3) is 0 Å². The number of terminal acetylenes is 1. The van der Waals surface area contributed by atoms with Gasteiger partial charge in [0.25, 0.3) is 5.91 Å². The second kappa shape index (κ2) is 10.0. The van der Waals surface area contributed by atoms with Crippen LogP contribution in [0, 0.1) is 15.9 Å². The normalized spacial score (nSPS) is 10.3. The van der Waals surface area contributed by atoms with Crippen LogP contribution in [-0.2, 0) is 0 Å². The first-order valence-corrected chi connectivity index (χ1v) is 9.06. The maximum absolute atomic E-state index is 12.2. The number of nitrogens with one attached hydrogen (secondary N) is 1. The topological polar surface area (TPSA) is 69.2 Å². The zero-order valence-corrected chi connectivity index (χ0v) is 17.5. The fraction of sp³-hybridized carbons (Fsp3) is 0.158. The molecule has 0 aromatic heterocycles. The molecule has 0 aliphatic heterocycles. The summed E-state index contributed by atoms with van der Waals surface area (Å²) in [4.78, 5) is 12.2. The quantitative estimate of drug-likeness (QED) is 0.273. The summed E-state index contributed by atoms with van der Waals surface area (Å²) in [5, 5.41) is 4.27. The van der Waals surface area contributed by atoms with E-state index >= 15 is 0 Å². The summed E-state index contributed by atoms with van der Waals surface area (Å²) in [6.45, 7) is 0.0685. The third-order valence-corrected chi connectivity index (χ3v) is 4.52. The molecule has 0 heterocycles. The number of hydrazone groups is 1. The second-order valence-electron chi connectivity index (χ2n) is 5.08. The molecule has 0 saturated heterocycles. The van der Waals surface area contributed by atoms with Crippen LogP contribution in [0.1, 0.15) is 15.9 Å². The minimum atomic E-state index is -0.368. The van der Waals surface area contributed by atoms with Gasteiger partial charge in [-0.15, -0.1) is 6.42 Å². The van der Waals surface area contributed by atoms with E-state index in [4.69, 9.17) is 32.2 Å². The molecular weight excluding hydrogens is 483 g/mol. The van der Waals surface area contributed by atoms with Crippen molar-refractivity contribution in [1.82, 2.24) is 5.43 Å². The molecule has 2 aromatic rings. The Morgan fingerprint density at radius 3 is 2.70 bits per heavy atom. The van der Waals surface area contributed by atoms with E-state index in [-0.39, 0.29) is 12.5 Å². The standard InChI is InChI=1S/C19H16ClIN2O4/c1-4-7-27-18-14(20)8-12(9-17(18)26-3)11-22-23-19(24)13-5-6-15(21)16(10-13)25-2/h1,5-6,8-11H,7H2,2-3H3,(H,23,24)/b22-11-. The highest BCUT2D eigenvalue weighted by molar-refractivity contribution is 14.1. The van der Waals surface area contributed by atoms with Gasteiger partial charge in [0, 0.05) is 5.56 Å². The van der Waals surface area contributed by atoms with Crippen LogP contribution in [-0.4, -0.2) is 32.9 Å². The number of benzene rings is 2. The third kappa shape index (κ3) is 5.52. The summed E-state index contributed by atoms with van der Waals surface area (Å²) in [5.74, 6) is 3.37. The van der Waals surface area contributed by atoms with Gasteiger partial charge < -0.3 is 14.2 Å². The van der Waals surface area contributed by atoms with Gasteiger partial charge >= 0.3 is 0 Å². The van der Waals surface area contributed by atoms with Crippen molar-refractivity contribution in [2.75, 3.05) is 20.8 Å². The molecule has 0 atom stereocenters. The van der Waals surface area contributed by atoms with Gasteiger partial charge in [-0.2, -0.15) is 5.10 Å². The predicted molar refractivity (Wildman–Crippen MR) is 113 cm³/mol. The number of hydrogen-bond acceptors (Lipinski definition) is 5. The number of carbonyl (C=O) groups is 1. The molecule has 0 fully saturated rings. The molecule has 0 radical (unpaired) electrons. The highest BCUT2D eigenvalue weighted by atomic mass is 127. The number of halogens is 2. The van der Waals surface area contributed by atoms with Crippen LogP contribution in [0.3, 0.4) is 0 Å². The molecule has 1 N–H and O–H groups in total. The monoisotopic (exact) mass is 498 g/mol. The molecule has 1 amide bonds. The number of rotatable bonds is 7. The minimum Gasteiger partial charge on any atom is -0.496 e. The Bertz CT molecular complexity index is 909. The Labute approximate surface area is 176 Å². The van der Waals surface area contributed by atoms with Gasteiger partial charge in [0.2, 0.25) is 0 Å². The Morgan fingerprint density at radius 1 is 1.30 bits per heavy atom. The lowest BCUT2D eigenvalue weighted by Gasteiger charge is -2.11. The first-order chi connectivity index (χ1) is 13.0. The van der Waals surface area contributed by atoms with Crippen LogP contribution < -0.4 is 19.6 Å². The van der Waals surface area contributed by atoms with E-state index < -0.39 is 0 Å². The molecule has 0 saturated carbocycles. The van der Waals surface area contributed by atoms with Crippen LogP contribution >= 0.6 is 34.2 Å².